The van der Waals surface area contributed by atoms with Gasteiger partial charge in [0.2, 0.25) is 11.8 Å². The maximum atomic E-state index is 12.9. The largest absolute Gasteiger partial charge is 1.00 e. The Bertz CT molecular complexity index is 1650. The Labute approximate surface area is 308 Å². The standard InChI is InChI=1S/C38H40N4O6.Na/c43-35(39-34-16-13-31(25-33(34)38(45)46)28-11-14-32(15-12-28)40-21-23-47-24-22-40)26-48-27-36(44)41-17-19-42(20-18-41)37(29-7-3-1-4-8-29)30-9-5-2-6-10-30;/h1-16,25,37H,17-24,26-27H2,(H,39,43)(H,45,46);/q;+1/p-1. The molecule has 2 saturated heterocycles. The van der Waals surface area contributed by atoms with Gasteiger partial charge < -0.3 is 34.5 Å². The van der Waals surface area contributed by atoms with Crippen molar-refractivity contribution in [1.29, 1.82) is 0 Å². The van der Waals surface area contributed by atoms with Gasteiger partial charge in [-0.05, 0) is 46.5 Å². The van der Waals surface area contributed by atoms with E-state index in [-0.39, 0.29) is 59.4 Å². The van der Waals surface area contributed by atoms with Gasteiger partial charge in [-0.3, -0.25) is 14.5 Å². The number of ether oxygens (including phenoxy) is 2. The van der Waals surface area contributed by atoms with E-state index in [1.807, 2.05) is 60.7 Å². The number of carboxylic acid groups (broad SMARTS) is 1. The molecule has 0 atom stereocenters. The monoisotopic (exact) mass is 670 g/mol. The number of carbonyl (C=O) groups is 3. The summed E-state index contributed by atoms with van der Waals surface area (Å²) in [5.74, 6) is -2.17. The number of nitrogens with zero attached hydrogens (tertiary/aromatic N) is 3. The van der Waals surface area contributed by atoms with Crippen molar-refractivity contribution in [3.63, 3.8) is 0 Å². The molecular formula is C38H39N4NaO6. The van der Waals surface area contributed by atoms with Gasteiger partial charge in [0.1, 0.15) is 13.2 Å². The molecular weight excluding hydrogens is 631 g/mol. The normalized spacial score (nSPS) is 15.0. The summed E-state index contributed by atoms with van der Waals surface area (Å²) in [4.78, 5) is 44.0. The van der Waals surface area contributed by atoms with Crippen LogP contribution in [0.2, 0.25) is 0 Å². The van der Waals surface area contributed by atoms with E-state index in [1.54, 1.807) is 11.0 Å². The van der Waals surface area contributed by atoms with Crippen molar-refractivity contribution in [2.45, 2.75) is 6.04 Å². The summed E-state index contributed by atoms with van der Waals surface area (Å²) in [6, 6.07) is 33.4. The number of carboxylic acids is 1. The number of hydrogen-bond donors (Lipinski definition) is 1. The number of rotatable bonds is 11. The van der Waals surface area contributed by atoms with Crippen LogP contribution >= 0.6 is 0 Å². The molecule has 2 aliphatic heterocycles. The number of amides is 2. The smallest absolute Gasteiger partial charge is 0.545 e. The summed E-state index contributed by atoms with van der Waals surface area (Å²) in [6.07, 6.45) is 0. The van der Waals surface area contributed by atoms with Gasteiger partial charge >= 0.3 is 29.6 Å². The number of piperazine rings is 1. The summed E-state index contributed by atoms with van der Waals surface area (Å²) >= 11 is 0. The van der Waals surface area contributed by atoms with Gasteiger partial charge in [0.05, 0.1) is 25.2 Å². The average Bonchev–Trinajstić information content (AvgIpc) is 3.13. The third-order valence-electron chi connectivity index (χ3n) is 8.81. The van der Waals surface area contributed by atoms with Crippen molar-refractivity contribution >= 4 is 29.2 Å². The van der Waals surface area contributed by atoms with Gasteiger partial charge in [0.15, 0.2) is 0 Å². The van der Waals surface area contributed by atoms with E-state index in [4.69, 9.17) is 9.47 Å². The summed E-state index contributed by atoms with van der Waals surface area (Å²) in [5.41, 5.74) is 4.96. The molecule has 248 valence electrons. The summed E-state index contributed by atoms with van der Waals surface area (Å²) in [5, 5.41) is 14.6. The van der Waals surface area contributed by atoms with E-state index in [1.165, 1.54) is 23.3 Å². The molecule has 0 bridgehead atoms. The first-order valence-corrected chi connectivity index (χ1v) is 16.2. The minimum Gasteiger partial charge on any atom is -0.545 e. The molecule has 2 amide bonds. The number of hydrogen-bond acceptors (Lipinski definition) is 8. The second-order valence-corrected chi connectivity index (χ2v) is 11.9. The maximum Gasteiger partial charge on any atom is 1.00 e. The first kappa shape index (κ1) is 36.3. The third-order valence-corrected chi connectivity index (χ3v) is 8.81. The van der Waals surface area contributed by atoms with E-state index in [2.05, 4.69) is 39.4 Å². The maximum absolute atomic E-state index is 12.9. The van der Waals surface area contributed by atoms with Crippen LogP contribution in [-0.2, 0) is 19.1 Å². The number of nitrogens with one attached hydrogen (secondary N) is 1. The summed E-state index contributed by atoms with van der Waals surface area (Å²) in [6.45, 7) is 4.85. The van der Waals surface area contributed by atoms with Crippen molar-refractivity contribution in [2.75, 3.05) is 75.9 Å². The van der Waals surface area contributed by atoms with Gasteiger partial charge in [-0.25, -0.2) is 0 Å². The molecule has 11 heteroatoms. The van der Waals surface area contributed by atoms with Crippen LogP contribution in [0.5, 0.6) is 0 Å². The van der Waals surface area contributed by atoms with Gasteiger partial charge in [-0.15, -0.1) is 0 Å². The van der Waals surface area contributed by atoms with Crippen molar-refractivity contribution < 1.29 is 58.5 Å². The van der Waals surface area contributed by atoms with Crippen LogP contribution in [0, 0.1) is 0 Å². The van der Waals surface area contributed by atoms with E-state index in [0.717, 1.165) is 24.3 Å². The van der Waals surface area contributed by atoms with E-state index >= 15 is 0 Å². The van der Waals surface area contributed by atoms with Crippen LogP contribution in [0.1, 0.15) is 27.5 Å². The second-order valence-electron chi connectivity index (χ2n) is 11.9. The molecule has 1 N–H and O–H groups in total. The van der Waals surface area contributed by atoms with Crippen molar-refractivity contribution in [2.24, 2.45) is 0 Å². The number of benzene rings is 4. The molecule has 2 aliphatic rings. The van der Waals surface area contributed by atoms with Gasteiger partial charge in [0.25, 0.3) is 0 Å². The first-order chi connectivity index (χ1) is 23.5. The Morgan fingerprint density at radius 1 is 0.735 bits per heavy atom. The summed E-state index contributed by atoms with van der Waals surface area (Å²) in [7, 11) is 0. The van der Waals surface area contributed by atoms with Crippen LogP contribution in [0.3, 0.4) is 0 Å². The Morgan fingerprint density at radius 2 is 1.33 bits per heavy atom. The number of anilines is 2. The molecule has 49 heavy (non-hydrogen) atoms. The minimum absolute atomic E-state index is 0. The van der Waals surface area contributed by atoms with Crippen LogP contribution in [-0.4, -0.2) is 93.3 Å². The second kappa shape index (κ2) is 17.6. The Balaban J connectivity index is 0.00000468. The molecule has 10 nitrogen and oxygen atoms in total. The number of aromatic carboxylic acids is 1. The summed E-state index contributed by atoms with van der Waals surface area (Å²) < 4.78 is 10.9. The van der Waals surface area contributed by atoms with Crippen molar-refractivity contribution in [3.8, 4) is 11.1 Å². The molecule has 4 aromatic carbocycles. The van der Waals surface area contributed by atoms with Crippen LogP contribution in [0.25, 0.3) is 11.1 Å². The first-order valence-electron chi connectivity index (χ1n) is 16.2. The molecule has 0 aromatic heterocycles. The van der Waals surface area contributed by atoms with Gasteiger partial charge in [0, 0.05) is 56.2 Å². The fourth-order valence-electron chi connectivity index (χ4n) is 6.31. The third kappa shape index (κ3) is 9.36. The van der Waals surface area contributed by atoms with E-state index in [0.29, 0.717) is 45.0 Å². The van der Waals surface area contributed by atoms with E-state index in [9.17, 15) is 19.5 Å². The Morgan fingerprint density at radius 3 is 1.92 bits per heavy atom. The van der Waals surface area contributed by atoms with Crippen LogP contribution in [0.15, 0.2) is 103 Å². The fraction of sp³-hybridized carbons (Fsp3) is 0.289. The zero-order valence-electron chi connectivity index (χ0n) is 27.8. The van der Waals surface area contributed by atoms with Crippen LogP contribution < -0.4 is 44.9 Å². The van der Waals surface area contributed by atoms with Gasteiger partial charge in [-0.2, -0.15) is 0 Å². The van der Waals surface area contributed by atoms with E-state index < -0.39 is 18.5 Å². The zero-order chi connectivity index (χ0) is 33.3. The molecule has 0 unspecified atom stereocenters. The van der Waals surface area contributed by atoms with Gasteiger partial charge in [-0.1, -0.05) is 78.9 Å². The fourth-order valence-corrected chi connectivity index (χ4v) is 6.31. The van der Waals surface area contributed by atoms with Crippen LogP contribution in [0.4, 0.5) is 11.4 Å². The molecule has 4 aromatic rings. The Kier molecular flexibility index (Phi) is 13.0. The van der Waals surface area contributed by atoms with Crippen molar-refractivity contribution in [3.05, 3.63) is 120 Å². The minimum atomic E-state index is -1.41. The number of carbonyl (C=O) groups excluding carboxylic acids is 3. The molecule has 2 fully saturated rings. The molecule has 6 rings (SSSR count). The molecule has 2 heterocycles. The predicted octanol–water partition coefficient (Wildman–Crippen LogP) is 0.447. The topological polar surface area (TPSA) is 114 Å². The number of morpholine rings is 1. The average molecular weight is 671 g/mol. The molecule has 0 aliphatic carbocycles. The molecule has 0 radical (unpaired) electrons. The quantitative estimate of drug-likeness (QED) is 0.229. The molecule has 0 spiro atoms. The predicted molar refractivity (Wildman–Crippen MR) is 182 cm³/mol. The Hall–Kier alpha value is -4.03. The zero-order valence-corrected chi connectivity index (χ0v) is 29.8. The van der Waals surface area contributed by atoms with Crippen molar-refractivity contribution in [1.82, 2.24) is 9.80 Å². The SMILES string of the molecule is O=C(COCC(=O)N1CCN(C(c2ccccc2)c2ccccc2)CC1)Nc1ccc(-c2ccc(N3CCOCC3)cc2)cc1C(=O)[O-].[Na+]. The molecule has 0 saturated carbocycles.